The molecule has 0 amide bonds. The van der Waals surface area contributed by atoms with Gasteiger partial charge < -0.3 is 9.52 Å². The number of benzene rings is 2. The molecule has 5 heteroatoms. The first kappa shape index (κ1) is 15.4. The summed E-state index contributed by atoms with van der Waals surface area (Å²) in [7, 11) is 0. The van der Waals surface area contributed by atoms with Gasteiger partial charge in [-0.3, -0.25) is 4.79 Å². The summed E-state index contributed by atoms with van der Waals surface area (Å²) >= 11 is 0. The van der Waals surface area contributed by atoms with Crippen molar-refractivity contribution in [2.24, 2.45) is 0 Å². The van der Waals surface area contributed by atoms with E-state index in [0.717, 1.165) is 0 Å². The van der Waals surface area contributed by atoms with Gasteiger partial charge >= 0.3 is 0 Å². The molecular weight excluding hydrogens is 302 g/mol. The zero-order valence-corrected chi connectivity index (χ0v) is 12.3. The Labute approximate surface area is 130 Å². The molecule has 0 radical (unpaired) electrons. The van der Waals surface area contributed by atoms with Gasteiger partial charge in [0.1, 0.15) is 28.4 Å². The van der Waals surface area contributed by atoms with Crippen LogP contribution in [0.5, 0.6) is 0 Å². The van der Waals surface area contributed by atoms with Crippen LogP contribution < -0.4 is 5.43 Å². The lowest BCUT2D eigenvalue weighted by molar-refractivity contribution is 0.259. The van der Waals surface area contributed by atoms with Crippen LogP contribution in [0.2, 0.25) is 0 Å². The zero-order valence-electron chi connectivity index (χ0n) is 12.3. The van der Waals surface area contributed by atoms with Gasteiger partial charge in [0, 0.05) is 5.92 Å². The third-order valence-electron chi connectivity index (χ3n) is 3.73. The number of aliphatic hydroxyl groups is 1. The quantitative estimate of drug-likeness (QED) is 0.799. The summed E-state index contributed by atoms with van der Waals surface area (Å²) in [6.07, 6.45) is 0. The van der Waals surface area contributed by atoms with Crippen LogP contribution in [0.25, 0.3) is 22.1 Å². The average Bonchev–Trinajstić information content (AvgIpc) is 2.53. The molecule has 0 bridgehead atoms. The Morgan fingerprint density at radius 2 is 1.91 bits per heavy atom. The second-order valence-corrected chi connectivity index (χ2v) is 5.38. The van der Waals surface area contributed by atoms with E-state index in [2.05, 4.69) is 0 Å². The van der Waals surface area contributed by atoms with E-state index in [0.29, 0.717) is 5.56 Å². The molecule has 0 aliphatic heterocycles. The summed E-state index contributed by atoms with van der Waals surface area (Å²) in [5, 5.41) is 9.24. The van der Waals surface area contributed by atoms with E-state index in [4.69, 9.17) is 4.42 Å². The molecule has 2 aromatic carbocycles. The highest BCUT2D eigenvalue weighted by Crippen LogP contribution is 2.30. The molecule has 0 saturated carbocycles. The molecule has 3 nitrogen and oxygen atoms in total. The Hall–Kier alpha value is -2.53. The van der Waals surface area contributed by atoms with Crippen molar-refractivity contribution in [3.8, 4) is 11.1 Å². The van der Waals surface area contributed by atoms with Crippen LogP contribution in [0, 0.1) is 11.6 Å². The van der Waals surface area contributed by atoms with Gasteiger partial charge in [-0.25, -0.2) is 8.78 Å². The van der Waals surface area contributed by atoms with Crippen molar-refractivity contribution in [2.75, 3.05) is 6.61 Å². The molecule has 0 spiro atoms. The van der Waals surface area contributed by atoms with Crippen molar-refractivity contribution in [1.29, 1.82) is 0 Å². The van der Waals surface area contributed by atoms with Crippen LogP contribution in [-0.4, -0.2) is 11.7 Å². The van der Waals surface area contributed by atoms with Crippen LogP contribution >= 0.6 is 0 Å². The minimum absolute atomic E-state index is 0.0728. The van der Waals surface area contributed by atoms with Crippen LogP contribution in [0.3, 0.4) is 0 Å². The summed E-state index contributed by atoms with van der Waals surface area (Å²) < 4.78 is 33.3. The summed E-state index contributed by atoms with van der Waals surface area (Å²) in [6.45, 7) is 1.41. The van der Waals surface area contributed by atoms with Gasteiger partial charge in [-0.1, -0.05) is 25.1 Å². The zero-order chi connectivity index (χ0) is 16.6. The first-order valence-corrected chi connectivity index (χ1v) is 7.15. The topological polar surface area (TPSA) is 50.4 Å². The molecule has 3 rings (SSSR count). The number of hydrogen-bond donors (Lipinski definition) is 1. The minimum Gasteiger partial charge on any atom is -0.460 e. The predicted octanol–water partition coefficient (Wildman–Crippen LogP) is 3.83. The Bertz CT molecular complexity index is 931. The second-order valence-electron chi connectivity index (χ2n) is 5.38. The molecule has 1 atom stereocenters. The Morgan fingerprint density at radius 1 is 1.17 bits per heavy atom. The molecule has 1 unspecified atom stereocenters. The summed E-state index contributed by atoms with van der Waals surface area (Å²) in [5.74, 6) is -1.50. The first-order chi connectivity index (χ1) is 11.0. The van der Waals surface area contributed by atoms with Gasteiger partial charge in [-0.2, -0.15) is 0 Å². The van der Waals surface area contributed by atoms with Gasteiger partial charge in [-0.15, -0.1) is 0 Å². The van der Waals surface area contributed by atoms with Crippen molar-refractivity contribution in [1.82, 2.24) is 0 Å². The van der Waals surface area contributed by atoms with Crippen LogP contribution in [0.15, 0.2) is 51.7 Å². The van der Waals surface area contributed by atoms with Crippen molar-refractivity contribution in [3.63, 3.8) is 0 Å². The van der Waals surface area contributed by atoms with E-state index >= 15 is 0 Å². The maximum absolute atomic E-state index is 14.1. The number of rotatable bonds is 3. The molecule has 0 aliphatic carbocycles. The number of halogens is 2. The van der Waals surface area contributed by atoms with Crippen LogP contribution in [0.4, 0.5) is 8.78 Å². The summed E-state index contributed by atoms with van der Waals surface area (Å²) in [5.41, 5.74) is -0.112. The van der Waals surface area contributed by atoms with Gasteiger partial charge in [-0.05, 0) is 29.8 Å². The van der Waals surface area contributed by atoms with E-state index in [1.54, 1.807) is 13.0 Å². The standard InChI is InChI=1S/C18H14F2O3/c1-10(9-21)18-15(11-4-2-5-12(19)8-11)17(22)16-13(20)6-3-7-14(16)23-18/h2-8,10,21H,9H2,1H3. The third-order valence-corrected chi connectivity index (χ3v) is 3.73. The number of fused-ring (bicyclic) bond motifs is 1. The molecule has 1 heterocycles. The van der Waals surface area contributed by atoms with E-state index in [1.807, 2.05) is 0 Å². The monoisotopic (exact) mass is 316 g/mol. The van der Waals surface area contributed by atoms with Crippen molar-refractivity contribution in [3.05, 3.63) is 70.1 Å². The maximum atomic E-state index is 14.1. The molecule has 0 saturated heterocycles. The Balaban J connectivity index is 2.44. The lowest BCUT2D eigenvalue weighted by Crippen LogP contribution is -2.13. The van der Waals surface area contributed by atoms with E-state index in [-0.39, 0.29) is 28.9 Å². The Morgan fingerprint density at radius 3 is 2.61 bits per heavy atom. The maximum Gasteiger partial charge on any atom is 0.203 e. The normalized spacial score (nSPS) is 12.5. The second kappa shape index (κ2) is 5.93. The van der Waals surface area contributed by atoms with Crippen molar-refractivity contribution >= 4 is 11.0 Å². The molecular formula is C18H14F2O3. The molecule has 1 N–H and O–H groups in total. The summed E-state index contributed by atoms with van der Waals surface area (Å²) in [6, 6.07) is 9.55. The smallest absolute Gasteiger partial charge is 0.203 e. The number of aliphatic hydroxyl groups excluding tert-OH is 1. The molecule has 118 valence electrons. The fourth-order valence-corrected chi connectivity index (χ4v) is 2.56. The lowest BCUT2D eigenvalue weighted by Gasteiger charge is -2.14. The van der Waals surface area contributed by atoms with Crippen LogP contribution in [-0.2, 0) is 0 Å². The molecule has 0 fully saturated rings. The third kappa shape index (κ3) is 2.64. The first-order valence-electron chi connectivity index (χ1n) is 7.15. The molecule has 1 aromatic heterocycles. The van der Waals surface area contributed by atoms with E-state index < -0.39 is 23.0 Å². The van der Waals surface area contributed by atoms with Crippen molar-refractivity contribution in [2.45, 2.75) is 12.8 Å². The van der Waals surface area contributed by atoms with Gasteiger partial charge in [0.15, 0.2) is 0 Å². The minimum atomic E-state index is -0.697. The van der Waals surface area contributed by atoms with E-state index in [9.17, 15) is 18.7 Å². The fourth-order valence-electron chi connectivity index (χ4n) is 2.56. The average molecular weight is 316 g/mol. The lowest BCUT2D eigenvalue weighted by atomic mass is 9.96. The predicted molar refractivity (Wildman–Crippen MR) is 83.3 cm³/mol. The fraction of sp³-hybridized carbons (Fsp3) is 0.167. The van der Waals surface area contributed by atoms with Gasteiger partial charge in [0.05, 0.1) is 12.2 Å². The molecule has 3 aromatic rings. The van der Waals surface area contributed by atoms with Crippen LogP contribution in [0.1, 0.15) is 18.6 Å². The van der Waals surface area contributed by atoms with Gasteiger partial charge in [0.25, 0.3) is 0 Å². The Kier molecular flexibility index (Phi) is 3.96. The molecule has 0 aliphatic rings. The highest BCUT2D eigenvalue weighted by atomic mass is 19.1. The van der Waals surface area contributed by atoms with E-state index in [1.165, 1.54) is 36.4 Å². The summed E-state index contributed by atoms with van der Waals surface area (Å²) in [4.78, 5) is 12.8. The van der Waals surface area contributed by atoms with Gasteiger partial charge in [0.2, 0.25) is 5.43 Å². The SMILES string of the molecule is CC(CO)c1oc2cccc(F)c2c(=O)c1-c1cccc(F)c1. The largest absolute Gasteiger partial charge is 0.460 e. The molecule has 23 heavy (non-hydrogen) atoms. The highest BCUT2D eigenvalue weighted by molar-refractivity contribution is 5.83. The number of hydrogen-bond acceptors (Lipinski definition) is 3. The van der Waals surface area contributed by atoms with Crippen molar-refractivity contribution < 1.29 is 18.3 Å². The highest BCUT2D eigenvalue weighted by Gasteiger charge is 2.22.